The Morgan fingerprint density at radius 3 is 1.70 bits per heavy atom. The molecule has 0 atom stereocenters. The van der Waals surface area contributed by atoms with E-state index in [0.29, 0.717) is 0 Å². The Balaban J connectivity index is 2.23. The minimum Gasteiger partial charge on any atom is -0.494 e. The second-order valence-electron chi connectivity index (χ2n) is 4.73. The quantitative estimate of drug-likeness (QED) is 0.675. The highest BCUT2D eigenvalue weighted by molar-refractivity contribution is 7.79. The molecule has 0 unspecified atom stereocenters. The largest absolute Gasteiger partial charge is 0.494 e. The number of nitrogens with zero attached hydrogens (tertiary/aromatic N) is 2. The topological polar surface area (TPSA) is 44.2 Å². The molecule has 2 heterocycles. The number of hydrogen-bond acceptors (Lipinski definition) is 4. The van der Waals surface area contributed by atoms with Gasteiger partial charge >= 0.3 is 0 Å². The first kappa shape index (κ1) is 15.4. The zero-order valence-corrected chi connectivity index (χ0v) is 13.9. The Kier molecular flexibility index (Phi) is 4.84. The number of pyridine rings is 2. The Morgan fingerprint density at radius 1 is 0.696 bits per heavy atom. The van der Waals surface area contributed by atoms with Crippen molar-refractivity contribution in [1.29, 1.82) is 0 Å². The predicted molar refractivity (Wildman–Crippen MR) is 93.8 cm³/mol. The lowest BCUT2D eigenvalue weighted by Crippen LogP contribution is -2.26. The summed E-state index contributed by atoms with van der Waals surface area (Å²) in [5.74, 6) is 1.52. The Morgan fingerprint density at radius 2 is 1.22 bits per heavy atom. The molecule has 0 amide bonds. The Hall–Kier alpha value is -2.45. The van der Waals surface area contributed by atoms with E-state index in [0.717, 1.165) is 27.7 Å². The van der Waals surface area contributed by atoms with Gasteiger partial charge < -0.3 is 9.47 Å². The molecule has 0 saturated heterocycles. The van der Waals surface area contributed by atoms with E-state index in [1.54, 1.807) is 26.6 Å². The zero-order chi connectivity index (χ0) is 16.1. The van der Waals surface area contributed by atoms with Gasteiger partial charge in [-0.3, -0.25) is 9.97 Å². The molecule has 0 N–H and O–H groups in total. The van der Waals surface area contributed by atoms with Crippen molar-refractivity contribution in [3.8, 4) is 11.5 Å². The van der Waals surface area contributed by atoms with E-state index in [4.69, 9.17) is 9.47 Å². The average molecular weight is 324 g/mol. The summed E-state index contributed by atoms with van der Waals surface area (Å²) in [5.41, 5.74) is 1.77. The molecule has 4 nitrogen and oxygen atoms in total. The molecule has 3 aromatic rings. The van der Waals surface area contributed by atoms with Gasteiger partial charge in [-0.15, -0.1) is 0 Å². The van der Waals surface area contributed by atoms with E-state index in [1.165, 1.54) is 0 Å². The summed E-state index contributed by atoms with van der Waals surface area (Å²) >= 11 is 0. The molecule has 0 radical (unpaired) electrons. The van der Waals surface area contributed by atoms with Crippen LogP contribution in [0.3, 0.4) is 0 Å². The smallest absolute Gasteiger partial charge is 0.145 e. The van der Waals surface area contributed by atoms with Crippen LogP contribution in [0.1, 0.15) is 0 Å². The first-order valence-corrected chi connectivity index (χ1v) is 8.52. The van der Waals surface area contributed by atoms with Crippen LogP contribution in [0, 0.1) is 0 Å². The lowest BCUT2D eigenvalue weighted by molar-refractivity contribution is 0.416. The third-order valence-corrected chi connectivity index (χ3v) is 5.71. The Bertz CT molecular complexity index is 733. The molecule has 0 aliphatic carbocycles. The van der Waals surface area contributed by atoms with Gasteiger partial charge in [0.1, 0.15) is 22.4 Å². The fourth-order valence-electron chi connectivity index (χ4n) is 2.34. The number of ether oxygens (including phenoxy) is 2. The maximum absolute atomic E-state index is 5.53. The van der Waals surface area contributed by atoms with Gasteiger partial charge in [-0.05, 0) is 29.6 Å². The highest BCUT2D eigenvalue weighted by atomic mass is 31.1. The van der Waals surface area contributed by atoms with Crippen molar-refractivity contribution in [2.24, 2.45) is 0 Å². The van der Waals surface area contributed by atoms with Gasteiger partial charge in [0.25, 0.3) is 0 Å². The van der Waals surface area contributed by atoms with Crippen molar-refractivity contribution in [2.45, 2.75) is 0 Å². The summed E-state index contributed by atoms with van der Waals surface area (Å²) in [6.07, 6.45) is 3.57. The monoisotopic (exact) mass is 324 g/mol. The summed E-state index contributed by atoms with van der Waals surface area (Å²) < 4.78 is 11.1. The highest BCUT2D eigenvalue weighted by Gasteiger charge is 2.25. The summed E-state index contributed by atoms with van der Waals surface area (Å²) in [4.78, 5) is 9.17. The van der Waals surface area contributed by atoms with Crippen LogP contribution in [-0.4, -0.2) is 24.2 Å². The van der Waals surface area contributed by atoms with Gasteiger partial charge in [0, 0.05) is 20.3 Å². The lowest BCUT2D eigenvalue weighted by Gasteiger charge is -2.20. The van der Waals surface area contributed by atoms with E-state index in [1.807, 2.05) is 42.5 Å². The molecule has 0 spiro atoms. The van der Waals surface area contributed by atoms with Crippen LogP contribution in [0.2, 0.25) is 0 Å². The minimum atomic E-state index is -0.971. The van der Waals surface area contributed by atoms with Crippen molar-refractivity contribution in [3.05, 3.63) is 67.0 Å². The van der Waals surface area contributed by atoms with Gasteiger partial charge in [0.05, 0.1) is 14.2 Å². The summed E-state index contributed by atoms with van der Waals surface area (Å²) in [6.45, 7) is 0. The maximum atomic E-state index is 5.53. The van der Waals surface area contributed by atoms with Gasteiger partial charge in [0.15, 0.2) is 0 Å². The molecule has 3 rings (SSSR count). The van der Waals surface area contributed by atoms with E-state index >= 15 is 0 Å². The van der Waals surface area contributed by atoms with Crippen molar-refractivity contribution >= 4 is 24.1 Å². The molecule has 0 bridgehead atoms. The number of rotatable bonds is 5. The van der Waals surface area contributed by atoms with Gasteiger partial charge in [-0.1, -0.05) is 30.3 Å². The van der Waals surface area contributed by atoms with Crippen LogP contribution in [0.25, 0.3) is 0 Å². The minimum absolute atomic E-state index is 0.759. The predicted octanol–water partition coefficient (Wildman–Crippen LogP) is 2.25. The zero-order valence-electron chi connectivity index (χ0n) is 13.0. The van der Waals surface area contributed by atoms with E-state index in [9.17, 15) is 0 Å². The molecule has 5 heteroatoms. The molecule has 0 aliphatic heterocycles. The molecule has 23 heavy (non-hydrogen) atoms. The average Bonchev–Trinajstić information content (AvgIpc) is 2.64. The number of hydrogen-bond donors (Lipinski definition) is 0. The molecular weight excluding hydrogens is 307 g/mol. The maximum Gasteiger partial charge on any atom is 0.145 e. The van der Waals surface area contributed by atoms with Crippen LogP contribution in [0.15, 0.2) is 67.0 Å². The number of aromatic nitrogens is 2. The number of methoxy groups -OCH3 is 2. The van der Waals surface area contributed by atoms with E-state index < -0.39 is 7.92 Å². The van der Waals surface area contributed by atoms with Crippen LogP contribution in [0.4, 0.5) is 0 Å². The molecular formula is C18H17N2O2P. The molecule has 0 aliphatic rings. The van der Waals surface area contributed by atoms with E-state index in [2.05, 4.69) is 22.1 Å². The third-order valence-electron chi connectivity index (χ3n) is 3.38. The normalized spacial score (nSPS) is 10.6. The summed E-state index contributed by atoms with van der Waals surface area (Å²) in [7, 11) is 2.35. The summed E-state index contributed by atoms with van der Waals surface area (Å²) in [6, 6.07) is 17.8. The van der Waals surface area contributed by atoms with Crippen LogP contribution in [0.5, 0.6) is 11.5 Å². The standard InChI is InChI=1S/C18H17N2O2P/c1-21-15-10-6-12-19-17(15)23(14-8-4-3-5-9-14)18-16(22-2)11-7-13-20-18/h3-13H,1-2H3. The van der Waals surface area contributed by atoms with Crippen molar-refractivity contribution in [2.75, 3.05) is 14.2 Å². The summed E-state index contributed by atoms with van der Waals surface area (Å²) in [5, 5.41) is 1.15. The fraction of sp³-hybridized carbons (Fsp3) is 0.111. The van der Waals surface area contributed by atoms with Crippen LogP contribution in [-0.2, 0) is 0 Å². The first-order valence-electron chi connectivity index (χ1n) is 7.18. The fourth-order valence-corrected chi connectivity index (χ4v) is 4.64. The molecule has 2 aromatic heterocycles. The lowest BCUT2D eigenvalue weighted by atomic mass is 10.4. The third kappa shape index (κ3) is 3.17. The second-order valence-corrected chi connectivity index (χ2v) is 6.76. The van der Waals surface area contributed by atoms with Gasteiger partial charge in [-0.2, -0.15) is 0 Å². The van der Waals surface area contributed by atoms with Gasteiger partial charge in [0.2, 0.25) is 0 Å². The molecule has 0 saturated carbocycles. The number of benzene rings is 1. The first-order chi connectivity index (χ1) is 11.3. The molecule has 116 valence electrons. The molecule has 1 aromatic carbocycles. The Labute approximate surface area is 136 Å². The highest BCUT2D eigenvalue weighted by Crippen LogP contribution is 2.37. The van der Waals surface area contributed by atoms with Crippen LogP contribution >= 0.6 is 7.92 Å². The SMILES string of the molecule is COc1cccnc1P(c1ccccc1)c1ncccc1OC. The van der Waals surface area contributed by atoms with Gasteiger partial charge in [-0.25, -0.2) is 0 Å². The second kappa shape index (κ2) is 7.21. The molecule has 0 fully saturated rings. The van der Waals surface area contributed by atoms with Crippen molar-refractivity contribution < 1.29 is 9.47 Å². The van der Waals surface area contributed by atoms with Crippen molar-refractivity contribution in [1.82, 2.24) is 9.97 Å². The van der Waals surface area contributed by atoms with Crippen LogP contribution < -0.4 is 25.6 Å². The van der Waals surface area contributed by atoms with Crippen molar-refractivity contribution in [3.63, 3.8) is 0 Å². The van der Waals surface area contributed by atoms with E-state index in [-0.39, 0.29) is 0 Å².